The largest absolute Gasteiger partial charge is 0.396 e. The Labute approximate surface area is 98.0 Å². The maximum atomic E-state index is 9.02. The first-order valence-electron chi connectivity index (χ1n) is 5.29. The fourth-order valence-electron chi connectivity index (χ4n) is 1.97. The van der Waals surface area contributed by atoms with Crippen LogP contribution in [0.1, 0.15) is 6.42 Å². The maximum Gasteiger partial charge on any atom is 0.0632 e. The average Bonchev–Trinajstić information content (AvgIpc) is 2.83. The van der Waals surface area contributed by atoms with Crippen LogP contribution < -0.4 is 0 Å². The standard InChI is InChI=1S/C10H16BrN3O/c11-10-5-12-14(7-10)4-3-13-2-1-9(6-13)8-15/h5,7,9,15H,1-4,6,8H2. The van der Waals surface area contributed by atoms with Gasteiger partial charge in [0.05, 0.1) is 17.2 Å². The molecule has 1 aromatic heterocycles. The Balaban J connectivity index is 1.75. The summed E-state index contributed by atoms with van der Waals surface area (Å²) in [6, 6.07) is 0. The summed E-state index contributed by atoms with van der Waals surface area (Å²) >= 11 is 3.38. The Morgan fingerprint density at radius 1 is 1.53 bits per heavy atom. The Bertz CT molecular complexity index is 315. The second-order valence-corrected chi connectivity index (χ2v) is 4.98. The van der Waals surface area contributed by atoms with E-state index in [-0.39, 0.29) is 0 Å². The summed E-state index contributed by atoms with van der Waals surface area (Å²) in [5, 5.41) is 13.2. The first-order valence-corrected chi connectivity index (χ1v) is 6.08. The highest BCUT2D eigenvalue weighted by atomic mass is 79.9. The molecule has 1 saturated heterocycles. The Kier molecular flexibility index (Phi) is 3.77. The van der Waals surface area contributed by atoms with E-state index in [4.69, 9.17) is 5.11 Å². The quantitative estimate of drug-likeness (QED) is 0.889. The van der Waals surface area contributed by atoms with Gasteiger partial charge in [0.25, 0.3) is 0 Å². The van der Waals surface area contributed by atoms with Crippen LogP contribution in [0.2, 0.25) is 0 Å². The van der Waals surface area contributed by atoms with E-state index in [0.717, 1.165) is 37.1 Å². The summed E-state index contributed by atoms with van der Waals surface area (Å²) in [4.78, 5) is 2.39. The van der Waals surface area contributed by atoms with E-state index < -0.39 is 0 Å². The van der Waals surface area contributed by atoms with E-state index in [9.17, 15) is 0 Å². The number of likely N-dealkylation sites (tertiary alicyclic amines) is 1. The van der Waals surface area contributed by atoms with Crippen molar-refractivity contribution in [2.75, 3.05) is 26.2 Å². The summed E-state index contributed by atoms with van der Waals surface area (Å²) in [5.74, 6) is 0.481. The van der Waals surface area contributed by atoms with Crippen molar-refractivity contribution in [2.45, 2.75) is 13.0 Å². The van der Waals surface area contributed by atoms with Crippen molar-refractivity contribution in [2.24, 2.45) is 5.92 Å². The molecule has 1 aromatic rings. The summed E-state index contributed by atoms with van der Waals surface area (Å²) in [5.41, 5.74) is 0. The van der Waals surface area contributed by atoms with Crippen LogP contribution in [-0.4, -0.2) is 46.0 Å². The third-order valence-corrected chi connectivity index (χ3v) is 3.28. The summed E-state index contributed by atoms with van der Waals surface area (Å²) < 4.78 is 2.97. The van der Waals surface area contributed by atoms with Crippen LogP contribution in [0.4, 0.5) is 0 Å². The number of aliphatic hydroxyl groups excluding tert-OH is 1. The number of hydrogen-bond donors (Lipinski definition) is 1. The number of aromatic nitrogens is 2. The monoisotopic (exact) mass is 273 g/mol. The molecule has 84 valence electrons. The van der Waals surface area contributed by atoms with Gasteiger partial charge in [-0.15, -0.1) is 0 Å². The molecular formula is C10H16BrN3O. The molecule has 2 heterocycles. The van der Waals surface area contributed by atoms with Crippen molar-refractivity contribution in [3.8, 4) is 0 Å². The number of halogens is 1. The molecule has 0 aliphatic carbocycles. The van der Waals surface area contributed by atoms with Gasteiger partial charge in [0.15, 0.2) is 0 Å². The molecule has 5 heteroatoms. The highest BCUT2D eigenvalue weighted by molar-refractivity contribution is 9.10. The molecule has 15 heavy (non-hydrogen) atoms. The van der Waals surface area contributed by atoms with E-state index in [0.29, 0.717) is 12.5 Å². The van der Waals surface area contributed by atoms with Gasteiger partial charge in [0.1, 0.15) is 0 Å². The van der Waals surface area contributed by atoms with Gasteiger partial charge in [0.2, 0.25) is 0 Å². The molecule has 1 fully saturated rings. The molecule has 0 radical (unpaired) electrons. The van der Waals surface area contributed by atoms with Gasteiger partial charge < -0.3 is 10.0 Å². The van der Waals surface area contributed by atoms with E-state index >= 15 is 0 Å². The highest BCUT2D eigenvalue weighted by Crippen LogP contribution is 2.15. The van der Waals surface area contributed by atoms with Crippen molar-refractivity contribution >= 4 is 15.9 Å². The molecule has 1 atom stereocenters. The van der Waals surface area contributed by atoms with Crippen molar-refractivity contribution < 1.29 is 5.11 Å². The molecule has 1 N–H and O–H groups in total. The summed E-state index contributed by atoms with van der Waals surface area (Å²) in [7, 11) is 0. The number of hydrogen-bond acceptors (Lipinski definition) is 3. The van der Waals surface area contributed by atoms with Crippen LogP contribution in [-0.2, 0) is 6.54 Å². The number of nitrogens with zero attached hydrogens (tertiary/aromatic N) is 3. The number of aliphatic hydroxyl groups is 1. The summed E-state index contributed by atoms with van der Waals surface area (Å²) in [6.07, 6.45) is 4.92. The van der Waals surface area contributed by atoms with Gasteiger partial charge in [-0.2, -0.15) is 5.10 Å². The van der Waals surface area contributed by atoms with E-state index in [1.807, 2.05) is 10.9 Å². The Morgan fingerprint density at radius 2 is 2.40 bits per heavy atom. The van der Waals surface area contributed by atoms with Gasteiger partial charge >= 0.3 is 0 Å². The van der Waals surface area contributed by atoms with Crippen LogP contribution >= 0.6 is 15.9 Å². The first kappa shape index (κ1) is 11.1. The van der Waals surface area contributed by atoms with Gasteiger partial charge in [-0.1, -0.05) is 0 Å². The molecule has 0 bridgehead atoms. The van der Waals surface area contributed by atoms with E-state index in [1.54, 1.807) is 6.20 Å². The fraction of sp³-hybridized carbons (Fsp3) is 0.700. The van der Waals surface area contributed by atoms with Crippen molar-refractivity contribution in [1.29, 1.82) is 0 Å². The van der Waals surface area contributed by atoms with Gasteiger partial charge in [-0.05, 0) is 34.8 Å². The maximum absolute atomic E-state index is 9.02. The van der Waals surface area contributed by atoms with Crippen LogP contribution in [0.3, 0.4) is 0 Å². The minimum atomic E-state index is 0.323. The average molecular weight is 274 g/mol. The minimum absolute atomic E-state index is 0.323. The molecule has 4 nitrogen and oxygen atoms in total. The predicted octanol–water partition coefficient (Wildman–Crippen LogP) is 0.960. The summed E-state index contributed by atoms with van der Waals surface area (Å²) in [6.45, 7) is 4.39. The first-order chi connectivity index (χ1) is 7.28. The topological polar surface area (TPSA) is 41.3 Å². The molecule has 0 spiro atoms. The predicted molar refractivity (Wildman–Crippen MR) is 61.6 cm³/mol. The zero-order valence-electron chi connectivity index (χ0n) is 8.64. The lowest BCUT2D eigenvalue weighted by Gasteiger charge is -2.15. The fourth-order valence-corrected chi connectivity index (χ4v) is 2.30. The molecule has 1 aliphatic heterocycles. The van der Waals surface area contributed by atoms with Crippen LogP contribution in [0.25, 0.3) is 0 Å². The molecule has 1 unspecified atom stereocenters. The lowest BCUT2D eigenvalue weighted by atomic mass is 10.1. The molecule has 0 saturated carbocycles. The van der Waals surface area contributed by atoms with E-state index in [2.05, 4.69) is 25.9 Å². The Morgan fingerprint density at radius 3 is 3.00 bits per heavy atom. The van der Waals surface area contributed by atoms with Gasteiger partial charge in [-0.25, -0.2) is 0 Å². The SMILES string of the molecule is OCC1CCN(CCn2cc(Br)cn2)C1. The van der Waals surface area contributed by atoms with Crippen molar-refractivity contribution in [3.05, 3.63) is 16.9 Å². The lowest BCUT2D eigenvalue weighted by molar-refractivity contribution is 0.219. The molecule has 0 amide bonds. The second kappa shape index (κ2) is 5.09. The van der Waals surface area contributed by atoms with Crippen LogP contribution in [0.5, 0.6) is 0 Å². The van der Waals surface area contributed by atoms with Gasteiger partial charge in [0, 0.05) is 25.9 Å². The molecule has 2 rings (SSSR count). The highest BCUT2D eigenvalue weighted by Gasteiger charge is 2.20. The number of rotatable bonds is 4. The second-order valence-electron chi connectivity index (χ2n) is 4.06. The van der Waals surface area contributed by atoms with E-state index in [1.165, 1.54) is 0 Å². The van der Waals surface area contributed by atoms with Crippen molar-refractivity contribution in [1.82, 2.24) is 14.7 Å². The molecular weight excluding hydrogens is 258 g/mol. The lowest BCUT2D eigenvalue weighted by Crippen LogP contribution is -2.25. The van der Waals surface area contributed by atoms with Crippen LogP contribution in [0, 0.1) is 5.92 Å². The third kappa shape index (κ3) is 3.03. The molecule has 1 aliphatic rings. The molecule has 0 aromatic carbocycles. The minimum Gasteiger partial charge on any atom is -0.396 e. The zero-order valence-corrected chi connectivity index (χ0v) is 10.2. The van der Waals surface area contributed by atoms with Gasteiger partial charge in [-0.3, -0.25) is 4.68 Å². The third-order valence-electron chi connectivity index (χ3n) is 2.88. The van der Waals surface area contributed by atoms with Crippen LogP contribution in [0.15, 0.2) is 16.9 Å². The zero-order chi connectivity index (χ0) is 10.7. The normalized spacial score (nSPS) is 22.4. The smallest absolute Gasteiger partial charge is 0.0632 e. The van der Waals surface area contributed by atoms with Crippen molar-refractivity contribution in [3.63, 3.8) is 0 Å². The Hall–Kier alpha value is -0.390.